The predicted octanol–water partition coefficient (Wildman–Crippen LogP) is 3.04. The minimum Gasteiger partial charge on any atom is -0.351 e. The summed E-state index contributed by atoms with van der Waals surface area (Å²) in [5.41, 5.74) is 2.42. The SMILES string of the molecule is O=C(NCCCn1nc2ccccn2c1=O)c1sccc1-c1ccccc1. The van der Waals surface area contributed by atoms with Crippen LogP contribution in [0.4, 0.5) is 0 Å². The number of carbonyl (C=O) groups excluding carboxylic acids is 1. The first-order valence-corrected chi connectivity index (χ1v) is 9.57. The molecule has 0 spiro atoms. The van der Waals surface area contributed by atoms with E-state index in [1.54, 1.807) is 18.3 Å². The molecule has 0 aliphatic carbocycles. The number of aromatic nitrogens is 3. The quantitative estimate of drug-likeness (QED) is 0.524. The maximum Gasteiger partial charge on any atom is 0.350 e. The van der Waals surface area contributed by atoms with Crippen molar-refractivity contribution in [2.75, 3.05) is 6.54 Å². The van der Waals surface area contributed by atoms with Crippen LogP contribution in [0.2, 0.25) is 0 Å². The van der Waals surface area contributed by atoms with Crippen LogP contribution in [0.15, 0.2) is 71.0 Å². The van der Waals surface area contributed by atoms with Crippen LogP contribution in [0.25, 0.3) is 16.8 Å². The molecule has 4 aromatic rings. The van der Waals surface area contributed by atoms with Crippen molar-refractivity contribution in [1.82, 2.24) is 19.5 Å². The van der Waals surface area contributed by atoms with Crippen molar-refractivity contribution in [3.05, 3.63) is 81.5 Å². The lowest BCUT2D eigenvalue weighted by Crippen LogP contribution is -2.27. The Morgan fingerprint density at radius 1 is 1.07 bits per heavy atom. The third kappa shape index (κ3) is 3.54. The van der Waals surface area contributed by atoms with Crippen LogP contribution in [0.1, 0.15) is 16.1 Å². The van der Waals surface area contributed by atoms with E-state index in [1.807, 2.05) is 47.8 Å². The third-order valence-electron chi connectivity index (χ3n) is 4.28. The fourth-order valence-corrected chi connectivity index (χ4v) is 3.79. The van der Waals surface area contributed by atoms with Crippen molar-refractivity contribution < 1.29 is 4.79 Å². The van der Waals surface area contributed by atoms with Crippen molar-refractivity contribution in [2.45, 2.75) is 13.0 Å². The summed E-state index contributed by atoms with van der Waals surface area (Å²) < 4.78 is 2.94. The summed E-state index contributed by atoms with van der Waals surface area (Å²) in [7, 11) is 0. The molecule has 1 N–H and O–H groups in total. The van der Waals surface area contributed by atoms with Gasteiger partial charge in [0.1, 0.15) is 0 Å². The van der Waals surface area contributed by atoms with Crippen molar-refractivity contribution in [1.29, 1.82) is 0 Å². The Balaban J connectivity index is 1.37. The molecule has 1 amide bonds. The number of amides is 1. The second-order valence-electron chi connectivity index (χ2n) is 6.07. The first-order chi connectivity index (χ1) is 13.2. The largest absolute Gasteiger partial charge is 0.351 e. The Hall–Kier alpha value is -3.19. The summed E-state index contributed by atoms with van der Waals surface area (Å²) in [6.07, 6.45) is 2.33. The predicted molar refractivity (Wildman–Crippen MR) is 106 cm³/mol. The molecule has 0 unspecified atom stereocenters. The van der Waals surface area contributed by atoms with E-state index in [4.69, 9.17) is 0 Å². The van der Waals surface area contributed by atoms with Gasteiger partial charge in [0.15, 0.2) is 5.65 Å². The van der Waals surface area contributed by atoms with Crippen molar-refractivity contribution in [2.24, 2.45) is 0 Å². The highest BCUT2D eigenvalue weighted by Gasteiger charge is 2.14. The number of fused-ring (bicyclic) bond motifs is 1. The fourth-order valence-electron chi connectivity index (χ4n) is 2.95. The molecule has 0 saturated heterocycles. The van der Waals surface area contributed by atoms with Gasteiger partial charge in [0.05, 0.1) is 4.88 Å². The van der Waals surface area contributed by atoms with E-state index in [9.17, 15) is 9.59 Å². The molecule has 3 heterocycles. The number of pyridine rings is 1. The van der Waals surface area contributed by atoms with Gasteiger partial charge in [0.25, 0.3) is 5.91 Å². The van der Waals surface area contributed by atoms with Crippen LogP contribution >= 0.6 is 11.3 Å². The van der Waals surface area contributed by atoms with Gasteiger partial charge in [-0.15, -0.1) is 16.4 Å². The van der Waals surface area contributed by atoms with E-state index < -0.39 is 0 Å². The molecule has 4 rings (SSSR count). The molecular weight excluding hydrogens is 360 g/mol. The average Bonchev–Trinajstić information content (AvgIpc) is 3.31. The van der Waals surface area contributed by atoms with Crippen LogP contribution in [0.5, 0.6) is 0 Å². The molecule has 3 aromatic heterocycles. The summed E-state index contributed by atoms with van der Waals surface area (Å²) >= 11 is 1.43. The van der Waals surface area contributed by atoms with Gasteiger partial charge >= 0.3 is 5.69 Å². The van der Waals surface area contributed by atoms with Crippen molar-refractivity contribution >= 4 is 22.9 Å². The first kappa shape index (κ1) is 17.2. The number of hydrogen-bond acceptors (Lipinski definition) is 4. The number of nitrogens with zero attached hydrogens (tertiary/aromatic N) is 3. The summed E-state index contributed by atoms with van der Waals surface area (Å²) in [5.74, 6) is -0.0915. The molecule has 0 fully saturated rings. The van der Waals surface area contributed by atoms with E-state index in [2.05, 4.69) is 10.4 Å². The molecule has 0 saturated carbocycles. The van der Waals surface area contributed by atoms with Gasteiger partial charge in [-0.05, 0) is 35.6 Å². The molecule has 0 aliphatic rings. The maximum atomic E-state index is 12.5. The minimum atomic E-state index is -0.165. The number of benzene rings is 1. The van der Waals surface area contributed by atoms with Crippen LogP contribution in [0, 0.1) is 0 Å². The average molecular weight is 378 g/mol. The topological polar surface area (TPSA) is 68.4 Å². The Kier molecular flexibility index (Phi) is 4.84. The zero-order valence-corrected chi connectivity index (χ0v) is 15.4. The number of rotatable bonds is 6. The van der Waals surface area contributed by atoms with Gasteiger partial charge in [-0.25, -0.2) is 9.48 Å². The monoisotopic (exact) mass is 378 g/mol. The van der Waals surface area contributed by atoms with E-state index in [-0.39, 0.29) is 11.6 Å². The lowest BCUT2D eigenvalue weighted by molar-refractivity contribution is 0.0957. The van der Waals surface area contributed by atoms with Gasteiger partial charge < -0.3 is 5.32 Å². The number of thiophene rings is 1. The normalized spacial score (nSPS) is 11.0. The van der Waals surface area contributed by atoms with Crippen LogP contribution in [0.3, 0.4) is 0 Å². The number of aryl methyl sites for hydroxylation is 1. The molecule has 27 heavy (non-hydrogen) atoms. The molecule has 0 aliphatic heterocycles. The van der Waals surface area contributed by atoms with Crippen LogP contribution < -0.4 is 11.0 Å². The van der Waals surface area contributed by atoms with E-state index in [0.29, 0.717) is 30.0 Å². The highest BCUT2D eigenvalue weighted by atomic mass is 32.1. The third-order valence-corrected chi connectivity index (χ3v) is 5.19. The number of carbonyl (C=O) groups is 1. The molecule has 6 nitrogen and oxygen atoms in total. The molecule has 0 radical (unpaired) electrons. The number of hydrogen-bond donors (Lipinski definition) is 1. The summed E-state index contributed by atoms with van der Waals surface area (Å²) in [6, 6.07) is 17.3. The lowest BCUT2D eigenvalue weighted by atomic mass is 10.1. The van der Waals surface area contributed by atoms with E-state index >= 15 is 0 Å². The molecule has 1 aromatic carbocycles. The Morgan fingerprint density at radius 2 is 1.89 bits per heavy atom. The fraction of sp³-hybridized carbons (Fsp3) is 0.150. The summed E-state index contributed by atoms with van der Waals surface area (Å²) in [4.78, 5) is 25.5. The van der Waals surface area contributed by atoms with Gasteiger partial charge in [0, 0.05) is 24.8 Å². The Labute approximate surface area is 159 Å². The molecule has 136 valence electrons. The Morgan fingerprint density at radius 3 is 2.70 bits per heavy atom. The van der Waals surface area contributed by atoms with Gasteiger partial charge in [-0.1, -0.05) is 36.4 Å². The van der Waals surface area contributed by atoms with E-state index in [0.717, 1.165) is 11.1 Å². The van der Waals surface area contributed by atoms with Crippen molar-refractivity contribution in [3.8, 4) is 11.1 Å². The Bertz CT molecular complexity index is 1130. The minimum absolute atomic E-state index is 0.0915. The van der Waals surface area contributed by atoms with Crippen LogP contribution in [-0.2, 0) is 6.54 Å². The van der Waals surface area contributed by atoms with Gasteiger partial charge in [-0.3, -0.25) is 9.20 Å². The number of nitrogens with one attached hydrogen (secondary N) is 1. The zero-order chi connectivity index (χ0) is 18.6. The highest BCUT2D eigenvalue weighted by Crippen LogP contribution is 2.27. The van der Waals surface area contributed by atoms with Gasteiger partial charge in [-0.2, -0.15) is 0 Å². The van der Waals surface area contributed by atoms with Crippen LogP contribution in [-0.4, -0.2) is 26.6 Å². The lowest BCUT2D eigenvalue weighted by Gasteiger charge is -2.06. The first-order valence-electron chi connectivity index (χ1n) is 8.69. The summed E-state index contributed by atoms with van der Waals surface area (Å²) in [6.45, 7) is 0.933. The maximum absolute atomic E-state index is 12.5. The second kappa shape index (κ2) is 7.59. The second-order valence-corrected chi connectivity index (χ2v) is 6.99. The van der Waals surface area contributed by atoms with Gasteiger partial charge in [0.2, 0.25) is 0 Å². The molecule has 0 bridgehead atoms. The standard InChI is InChI=1S/C20H18N4O2S/c25-19(18-16(10-14-27-18)15-7-2-1-3-8-15)21-11-6-13-24-20(26)23-12-5-4-9-17(23)22-24/h1-5,7-10,12,14H,6,11,13H2,(H,21,25). The zero-order valence-electron chi connectivity index (χ0n) is 14.5. The molecule has 0 atom stereocenters. The van der Waals surface area contributed by atoms with Crippen molar-refractivity contribution in [3.63, 3.8) is 0 Å². The smallest absolute Gasteiger partial charge is 0.350 e. The summed E-state index contributed by atoms with van der Waals surface area (Å²) in [5, 5.41) is 9.15. The molecule has 7 heteroatoms. The van der Waals surface area contributed by atoms with E-state index in [1.165, 1.54) is 20.4 Å². The highest BCUT2D eigenvalue weighted by molar-refractivity contribution is 7.12. The molecular formula is C20H18N4O2S.